The Balaban J connectivity index is 1.61. The van der Waals surface area contributed by atoms with Gasteiger partial charge in [0, 0.05) is 5.56 Å². The molecule has 3 aromatic carbocycles. The first kappa shape index (κ1) is 18.4. The maximum absolute atomic E-state index is 12.8. The van der Waals surface area contributed by atoms with Gasteiger partial charge in [0.1, 0.15) is 5.75 Å². The minimum atomic E-state index is -0.398. The molecule has 0 unspecified atom stereocenters. The molecule has 0 saturated carbocycles. The number of fused-ring (bicyclic) bond motifs is 1. The Labute approximate surface area is 167 Å². The number of para-hydroxylation sites is 2. The number of hydrogen-bond donors (Lipinski definition) is 1. The van der Waals surface area contributed by atoms with Crippen LogP contribution in [0.1, 0.15) is 38.0 Å². The van der Waals surface area contributed by atoms with E-state index in [2.05, 4.69) is 5.32 Å². The maximum Gasteiger partial charge on any atom is 0.266 e. The van der Waals surface area contributed by atoms with E-state index in [1.54, 1.807) is 60.7 Å². The highest BCUT2D eigenvalue weighted by molar-refractivity contribution is 6.34. The van der Waals surface area contributed by atoms with Crippen molar-refractivity contribution in [2.24, 2.45) is 0 Å². The normalized spacial score (nSPS) is 12.7. The summed E-state index contributed by atoms with van der Waals surface area (Å²) in [6.45, 7) is 2.34. The number of hydrogen-bond acceptors (Lipinski definition) is 4. The quantitative estimate of drug-likeness (QED) is 0.669. The molecule has 1 heterocycles. The lowest BCUT2D eigenvalue weighted by Crippen LogP contribution is -2.29. The van der Waals surface area contributed by atoms with E-state index in [1.165, 1.54) is 6.07 Å². The predicted octanol–water partition coefficient (Wildman–Crippen LogP) is 4.14. The van der Waals surface area contributed by atoms with Crippen molar-refractivity contribution in [1.82, 2.24) is 0 Å². The first-order chi connectivity index (χ1) is 14.1. The smallest absolute Gasteiger partial charge is 0.266 e. The van der Waals surface area contributed by atoms with E-state index < -0.39 is 11.8 Å². The number of imide groups is 1. The maximum atomic E-state index is 12.8. The molecule has 0 aromatic heterocycles. The lowest BCUT2D eigenvalue weighted by Gasteiger charge is -2.15. The standard InChI is InChI=1S/C23H18N2O4/c1-2-29-20-13-6-5-12-19(20)24-21(26)15-8-7-9-16(14-15)25-22(27)17-10-3-4-11-18(17)23(25)28/h3-14H,2H2,1H3,(H,24,26). The number of amides is 3. The van der Waals surface area contributed by atoms with Crippen molar-refractivity contribution < 1.29 is 19.1 Å². The zero-order valence-corrected chi connectivity index (χ0v) is 15.7. The zero-order chi connectivity index (χ0) is 20.4. The summed E-state index contributed by atoms with van der Waals surface area (Å²) in [5.41, 5.74) is 1.94. The number of nitrogens with zero attached hydrogens (tertiary/aromatic N) is 1. The fraction of sp³-hybridized carbons (Fsp3) is 0.0870. The average Bonchev–Trinajstić information content (AvgIpc) is 3.00. The van der Waals surface area contributed by atoms with Gasteiger partial charge in [0.25, 0.3) is 17.7 Å². The number of carbonyl (C=O) groups excluding carboxylic acids is 3. The van der Waals surface area contributed by atoms with Gasteiger partial charge in [-0.3, -0.25) is 14.4 Å². The van der Waals surface area contributed by atoms with Gasteiger partial charge in [-0.15, -0.1) is 0 Å². The Morgan fingerprint density at radius 1 is 0.897 bits per heavy atom. The fourth-order valence-electron chi connectivity index (χ4n) is 3.26. The van der Waals surface area contributed by atoms with E-state index in [0.717, 1.165) is 4.90 Å². The molecule has 0 saturated heterocycles. The molecular formula is C23H18N2O4. The van der Waals surface area contributed by atoms with E-state index in [4.69, 9.17) is 4.74 Å². The van der Waals surface area contributed by atoms with Gasteiger partial charge < -0.3 is 10.1 Å². The summed E-state index contributed by atoms with van der Waals surface area (Å²) < 4.78 is 5.53. The van der Waals surface area contributed by atoms with E-state index in [-0.39, 0.29) is 5.91 Å². The van der Waals surface area contributed by atoms with Crippen LogP contribution >= 0.6 is 0 Å². The molecule has 3 aromatic rings. The van der Waals surface area contributed by atoms with Crippen LogP contribution in [0.4, 0.5) is 11.4 Å². The van der Waals surface area contributed by atoms with Gasteiger partial charge in [0.15, 0.2) is 0 Å². The highest BCUT2D eigenvalue weighted by Gasteiger charge is 2.36. The molecule has 0 bridgehead atoms. The zero-order valence-electron chi connectivity index (χ0n) is 15.7. The summed E-state index contributed by atoms with van der Waals surface area (Å²) >= 11 is 0. The third-order valence-electron chi connectivity index (χ3n) is 4.60. The van der Waals surface area contributed by atoms with E-state index in [1.807, 2.05) is 13.0 Å². The van der Waals surface area contributed by atoms with Crippen molar-refractivity contribution in [3.8, 4) is 5.75 Å². The van der Waals surface area contributed by atoms with Gasteiger partial charge in [-0.1, -0.05) is 30.3 Å². The number of rotatable bonds is 5. The first-order valence-electron chi connectivity index (χ1n) is 9.21. The Bertz CT molecular complexity index is 1090. The summed E-state index contributed by atoms with van der Waals surface area (Å²) in [7, 11) is 0. The molecule has 1 N–H and O–H groups in total. The molecule has 0 fully saturated rings. The summed E-state index contributed by atoms with van der Waals surface area (Å²) in [4.78, 5) is 39.2. The van der Waals surface area contributed by atoms with Crippen molar-refractivity contribution in [3.05, 3.63) is 89.5 Å². The molecule has 0 spiro atoms. The Kier molecular flexibility index (Phi) is 4.83. The Morgan fingerprint density at radius 2 is 1.55 bits per heavy atom. The number of carbonyl (C=O) groups is 3. The topological polar surface area (TPSA) is 75.7 Å². The Hall–Kier alpha value is -3.93. The largest absolute Gasteiger partial charge is 0.492 e. The lowest BCUT2D eigenvalue weighted by molar-refractivity contribution is 0.0924. The van der Waals surface area contributed by atoms with Crippen LogP contribution in [0.2, 0.25) is 0 Å². The van der Waals surface area contributed by atoms with Crippen molar-refractivity contribution >= 4 is 29.1 Å². The van der Waals surface area contributed by atoms with E-state index in [0.29, 0.717) is 40.4 Å². The molecule has 3 amide bonds. The van der Waals surface area contributed by atoms with Crippen molar-refractivity contribution in [2.45, 2.75) is 6.92 Å². The minimum absolute atomic E-state index is 0.324. The summed E-state index contributed by atoms with van der Waals surface area (Å²) in [5.74, 6) is -0.592. The van der Waals surface area contributed by atoms with Crippen LogP contribution in [0.25, 0.3) is 0 Å². The summed E-state index contributed by atoms with van der Waals surface area (Å²) in [5, 5.41) is 2.82. The van der Waals surface area contributed by atoms with Gasteiger partial charge in [0.2, 0.25) is 0 Å². The van der Waals surface area contributed by atoms with Crippen LogP contribution in [0.15, 0.2) is 72.8 Å². The molecule has 0 atom stereocenters. The third kappa shape index (κ3) is 3.36. The predicted molar refractivity (Wildman–Crippen MR) is 110 cm³/mol. The highest BCUT2D eigenvalue weighted by Crippen LogP contribution is 2.29. The molecular weight excluding hydrogens is 368 g/mol. The van der Waals surface area contributed by atoms with Gasteiger partial charge in [-0.05, 0) is 49.4 Å². The average molecular weight is 386 g/mol. The van der Waals surface area contributed by atoms with Crippen LogP contribution in [0.5, 0.6) is 5.75 Å². The molecule has 0 aliphatic carbocycles. The van der Waals surface area contributed by atoms with Crippen LogP contribution in [-0.4, -0.2) is 24.3 Å². The van der Waals surface area contributed by atoms with Gasteiger partial charge in [-0.25, -0.2) is 4.90 Å². The van der Waals surface area contributed by atoms with E-state index in [9.17, 15) is 14.4 Å². The van der Waals surface area contributed by atoms with Crippen molar-refractivity contribution in [3.63, 3.8) is 0 Å². The van der Waals surface area contributed by atoms with Crippen LogP contribution in [0, 0.1) is 0 Å². The van der Waals surface area contributed by atoms with Crippen molar-refractivity contribution in [1.29, 1.82) is 0 Å². The summed E-state index contributed by atoms with van der Waals surface area (Å²) in [6, 6.07) is 20.2. The minimum Gasteiger partial charge on any atom is -0.492 e. The number of ether oxygens (including phenoxy) is 1. The second kappa shape index (κ2) is 7.59. The molecule has 29 heavy (non-hydrogen) atoms. The Morgan fingerprint density at radius 3 is 2.24 bits per heavy atom. The lowest BCUT2D eigenvalue weighted by atomic mass is 10.1. The molecule has 144 valence electrons. The van der Waals surface area contributed by atoms with Gasteiger partial charge in [0.05, 0.1) is 29.1 Å². The van der Waals surface area contributed by atoms with Crippen LogP contribution in [-0.2, 0) is 0 Å². The number of benzene rings is 3. The van der Waals surface area contributed by atoms with Crippen molar-refractivity contribution in [2.75, 3.05) is 16.8 Å². The highest BCUT2D eigenvalue weighted by atomic mass is 16.5. The third-order valence-corrected chi connectivity index (χ3v) is 4.60. The molecule has 1 aliphatic rings. The van der Waals surface area contributed by atoms with Gasteiger partial charge in [-0.2, -0.15) is 0 Å². The second-order valence-corrected chi connectivity index (χ2v) is 6.42. The fourth-order valence-corrected chi connectivity index (χ4v) is 3.26. The van der Waals surface area contributed by atoms with Crippen LogP contribution < -0.4 is 15.0 Å². The SMILES string of the molecule is CCOc1ccccc1NC(=O)c1cccc(N2C(=O)c3ccccc3C2=O)c1. The monoisotopic (exact) mass is 386 g/mol. The number of nitrogens with one attached hydrogen (secondary N) is 1. The molecule has 0 radical (unpaired) electrons. The first-order valence-corrected chi connectivity index (χ1v) is 9.21. The summed E-state index contributed by atoms with van der Waals surface area (Å²) in [6.07, 6.45) is 0. The molecule has 6 heteroatoms. The molecule has 6 nitrogen and oxygen atoms in total. The van der Waals surface area contributed by atoms with Gasteiger partial charge >= 0.3 is 0 Å². The second-order valence-electron chi connectivity index (χ2n) is 6.42. The van der Waals surface area contributed by atoms with Crippen LogP contribution in [0.3, 0.4) is 0 Å². The van der Waals surface area contributed by atoms with E-state index >= 15 is 0 Å². The molecule has 1 aliphatic heterocycles. The number of anilines is 2. The molecule has 4 rings (SSSR count).